The molecule has 1 saturated heterocycles. The van der Waals surface area contributed by atoms with Crippen LogP contribution in [0.3, 0.4) is 0 Å². The second-order valence-electron chi connectivity index (χ2n) is 23.5. The summed E-state index contributed by atoms with van der Waals surface area (Å²) in [6.07, 6.45) is 1.16. The molecule has 0 spiro atoms. The van der Waals surface area contributed by atoms with E-state index in [1.54, 1.807) is 22.9 Å². The van der Waals surface area contributed by atoms with Crippen molar-refractivity contribution in [3.05, 3.63) is 141 Å². The molecule has 458 valence electrons. The molecule has 5 heterocycles. The van der Waals surface area contributed by atoms with Gasteiger partial charge in [-0.1, -0.05) is 87.5 Å². The molecule has 2 aromatic heterocycles. The van der Waals surface area contributed by atoms with Crippen LogP contribution in [0, 0.1) is 12.3 Å². The number of carbonyl (C=O) groups is 9. The zero-order valence-corrected chi connectivity index (χ0v) is 50.3. The van der Waals surface area contributed by atoms with Crippen LogP contribution in [0.4, 0.5) is 5.69 Å². The average molecular weight is 1230 g/mol. The van der Waals surface area contributed by atoms with Gasteiger partial charge in [0.1, 0.15) is 35.9 Å². The third kappa shape index (κ3) is 15.1. The van der Waals surface area contributed by atoms with Gasteiger partial charge in [0.2, 0.25) is 41.4 Å². The number of para-hydroxylation sites is 1. The van der Waals surface area contributed by atoms with Gasteiger partial charge in [-0.2, -0.15) is 0 Å². The van der Waals surface area contributed by atoms with Crippen LogP contribution in [-0.2, 0) is 70.5 Å². The third-order valence-electron chi connectivity index (χ3n) is 16.0. The highest BCUT2D eigenvalue weighted by Gasteiger charge is 2.46. The zero-order valence-electron chi connectivity index (χ0n) is 48.6. The molecule has 4 aromatic carbocycles. The van der Waals surface area contributed by atoms with Gasteiger partial charge < -0.3 is 57.1 Å². The number of hydrogen-bond acceptors (Lipinski definition) is 13. The summed E-state index contributed by atoms with van der Waals surface area (Å²) in [4.78, 5) is 152. The molecule has 3 aliphatic rings. The maximum absolute atomic E-state index is 14.5. The molecule has 0 unspecified atom stereocenters. The number of aromatic amines is 1. The number of primary amides is 1. The molecule has 11 N–H and O–H groups in total. The number of nitrogens with zero attached hydrogens (tertiary/aromatic N) is 3. The van der Waals surface area contributed by atoms with E-state index >= 15 is 0 Å². The number of nitrogens with two attached hydrogens (primary N) is 1. The lowest BCUT2D eigenvalue weighted by Crippen LogP contribution is -2.57. The summed E-state index contributed by atoms with van der Waals surface area (Å²) < 4.78 is 11.6. The van der Waals surface area contributed by atoms with Gasteiger partial charge in [0.25, 0.3) is 11.4 Å². The summed E-state index contributed by atoms with van der Waals surface area (Å²) in [5.74, 6) is -4.43. The first kappa shape index (κ1) is 63.1. The summed E-state index contributed by atoms with van der Waals surface area (Å²) in [5, 5.41) is 25.3. The number of rotatable bonds is 23. The molecule has 3 aliphatic heterocycles. The van der Waals surface area contributed by atoms with Crippen LogP contribution in [0.5, 0.6) is 0 Å². The minimum Gasteiger partial charge on any atom is -0.391 e. The molecule has 23 nitrogen and oxygen atoms in total. The number of β-amino-alcohol motifs (C(OH)–C–C–N with tert-alkyl or cyclic N) is 1. The highest BCUT2D eigenvalue weighted by atomic mass is 32.1. The lowest BCUT2D eigenvalue weighted by Gasteiger charge is -2.35. The van der Waals surface area contributed by atoms with Crippen molar-refractivity contribution in [3.63, 3.8) is 0 Å². The number of fused-ring (bicyclic) bond motifs is 1. The number of aliphatic hydroxyl groups excluding tert-OH is 1. The Hall–Kier alpha value is -8.41. The Morgan fingerprint density at radius 3 is 2.28 bits per heavy atom. The summed E-state index contributed by atoms with van der Waals surface area (Å²) in [7, 11) is -5.07. The predicted molar refractivity (Wildman–Crippen MR) is 324 cm³/mol. The average Bonchev–Trinajstić information content (AvgIpc) is 1.73. The van der Waals surface area contributed by atoms with Gasteiger partial charge in [-0.05, 0) is 109 Å². The Morgan fingerprint density at radius 2 is 1.56 bits per heavy atom. The van der Waals surface area contributed by atoms with Crippen LogP contribution in [0.15, 0.2) is 96.5 Å². The Balaban J connectivity index is 0.766. The third-order valence-corrected chi connectivity index (χ3v) is 17.8. The highest BCUT2D eigenvalue weighted by molar-refractivity contribution is 7.70. The Kier molecular flexibility index (Phi) is 19.4. The number of carbonyl (C=O) groups excluding carboxylic acids is 9. The fourth-order valence-electron chi connectivity index (χ4n) is 11.4. The van der Waals surface area contributed by atoms with Crippen LogP contribution in [0.1, 0.15) is 120 Å². The van der Waals surface area contributed by atoms with E-state index in [0.717, 1.165) is 38.4 Å². The molecular weight excluding hydrogens is 1160 g/mol. The molecule has 8 amide bonds. The summed E-state index contributed by atoms with van der Waals surface area (Å²) in [6.45, 7) is 7.65. The van der Waals surface area contributed by atoms with Gasteiger partial charge in [-0.3, -0.25) is 52.6 Å². The molecule has 6 atom stereocenters. The fourth-order valence-corrected chi connectivity index (χ4v) is 12.7. The molecule has 0 radical (unpaired) electrons. The van der Waals surface area contributed by atoms with Gasteiger partial charge in [0.05, 0.1) is 27.9 Å². The smallest absolute Gasteiger partial charge is 0.391 e. The van der Waals surface area contributed by atoms with Crippen LogP contribution in [0.25, 0.3) is 21.3 Å². The van der Waals surface area contributed by atoms with Crippen LogP contribution >= 0.6 is 18.9 Å². The monoisotopic (exact) mass is 1230 g/mol. The van der Waals surface area contributed by atoms with E-state index in [4.69, 9.17) is 5.73 Å². The first-order valence-corrected chi connectivity index (χ1v) is 31.3. The minimum atomic E-state index is -5.07. The van der Waals surface area contributed by atoms with E-state index in [9.17, 15) is 62.6 Å². The number of H-pyrrole nitrogens is 1. The Labute approximate surface area is 505 Å². The lowest BCUT2D eigenvalue weighted by molar-refractivity contribution is -0.144. The van der Waals surface area contributed by atoms with Crippen molar-refractivity contribution in [2.75, 3.05) is 11.4 Å². The second kappa shape index (κ2) is 26.7. The number of aryl methyl sites for hydroxylation is 3. The van der Waals surface area contributed by atoms with Crippen LogP contribution < -0.4 is 37.2 Å². The van der Waals surface area contributed by atoms with E-state index in [0.29, 0.717) is 47.8 Å². The van der Waals surface area contributed by atoms with Crippen molar-refractivity contribution in [1.29, 1.82) is 0 Å². The van der Waals surface area contributed by atoms with E-state index in [2.05, 4.69) is 36.6 Å². The predicted octanol–water partition coefficient (Wildman–Crippen LogP) is 4.51. The molecule has 6 aromatic rings. The van der Waals surface area contributed by atoms with Crippen LogP contribution in [0.2, 0.25) is 0 Å². The molecule has 0 bridgehead atoms. The number of aromatic nitrogens is 2. The zero-order chi connectivity index (χ0) is 62.5. The number of thiazole rings is 1. The summed E-state index contributed by atoms with van der Waals surface area (Å²) in [5.41, 5.74) is 11.8. The quantitative estimate of drug-likeness (QED) is 0.0312. The van der Waals surface area contributed by atoms with Crippen molar-refractivity contribution < 1.29 is 62.6 Å². The van der Waals surface area contributed by atoms with Crippen molar-refractivity contribution in [2.24, 2.45) is 11.1 Å². The fraction of sp³-hybridized carbons (Fsp3) is 0.387. The van der Waals surface area contributed by atoms with Gasteiger partial charge in [-0.25, -0.2) is 4.98 Å². The number of unbranched alkanes of at least 4 members (excludes halogenated alkanes) is 1. The highest BCUT2D eigenvalue weighted by Crippen LogP contribution is 2.41. The molecule has 1 fully saturated rings. The number of hydrogen-bond donors (Lipinski definition) is 10. The van der Waals surface area contributed by atoms with Crippen molar-refractivity contribution in [2.45, 2.75) is 141 Å². The molecule has 9 rings (SSSR count). The maximum atomic E-state index is 14.5. The Morgan fingerprint density at radius 1 is 0.839 bits per heavy atom. The Bertz CT molecular complexity index is 3700. The summed E-state index contributed by atoms with van der Waals surface area (Å²) in [6, 6.07) is 20.5. The first-order chi connectivity index (χ1) is 41.3. The number of benzene rings is 4. The van der Waals surface area contributed by atoms with Gasteiger partial charge >= 0.3 is 7.60 Å². The number of likely N-dealkylation sites (tertiary alicyclic amines) is 1. The van der Waals surface area contributed by atoms with Gasteiger partial charge in [0.15, 0.2) is 0 Å². The largest absolute Gasteiger partial charge is 0.396 e. The van der Waals surface area contributed by atoms with E-state index in [1.165, 1.54) is 34.1 Å². The van der Waals surface area contributed by atoms with Crippen molar-refractivity contribution in [3.8, 4) is 10.4 Å². The second-order valence-corrected chi connectivity index (χ2v) is 25.9. The van der Waals surface area contributed by atoms with Gasteiger partial charge in [0, 0.05) is 61.8 Å². The number of nitrogens with one attached hydrogen (secondary N) is 6. The standard InChI is InChI=1S/C62H71N10O13PS/c1-34-53(87-33-66-34)39-17-15-36(16-18-39)30-65-57(78)48-29-43(73)32-71(48)60(81)54(62(2,3)4)70-51(75)14-6-5-9-35-10-7-11-37(25-35)31-64-55(76)45(23-24-50(63)74)68-58(79)49-28-40-13-8-12-38-19-22-46(59(80)72(49)52(38)40)69-56(77)47-27-42-26-41(20-21-44(42)67-47)61(82)86(83,84)85/h7-8,10-13,15-18,20-21,25-27,33,43,45-46,48-49,54,67,73H,5-6,9,14,19,22-24,28-32H2,1-4H3,(H2,63,74)(H,64,76)(H,65,78)(H,68,79)(H,69,77)(H,70,75)(H2,83,84,85)/t43-,45-,46-,48+,49-,54-/m0/s1. The number of amides is 8. The molecular formula is C62H71N10O13PS. The number of anilines is 1. The SMILES string of the molecule is Cc1ncsc1-c1ccc(CNC(=O)[C@H]2C[C@H](O)CN2C(=O)[C@H](NC(=O)CCCCc2cccc(CNC(=O)[C@H](CCC(N)=O)NC(=O)[C@@H]3Cc4cccc5c4N3C(=O)[C@@H](NC(=O)c3cc4cc(C(=O)P(=O)(O)O)ccc4[nH]3)CC5)c2)C(C)(C)C)cc1. The molecule has 0 saturated carbocycles. The lowest BCUT2D eigenvalue weighted by atomic mass is 9.85. The summed E-state index contributed by atoms with van der Waals surface area (Å²) >= 11 is 1.55. The van der Waals surface area contributed by atoms with Crippen LogP contribution in [-0.4, -0.2) is 125 Å². The van der Waals surface area contributed by atoms with E-state index in [-0.39, 0.29) is 75.3 Å². The van der Waals surface area contributed by atoms with E-state index < -0.39 is 96.2 Å². The number of aliphatic hydroxyl groups is 1. The minimum absolute atomic E-state index is 0.00397. The van der Waals surface area contributed by atoms with Crippen molar-refractivity contribution in [1.82, 2.24) is 41.5 Å². The first-order valence-electron chi connectivity index (χ1n) is 28.8. The maximum Gasteiger partial charge on any atom is 0.396 e. The topological polar surface area (TPSA) is 353 Å². The normalized spacial score (nSPS) is 18.1. The molecule has 25 heteroatoms. The van der Waals surface area contributed by atoms with E-state index in [1.807, 2.05) is 88.4 Å². The molecule has 0 aliphatic carbocycles. The van der Waals surface area contributed by atoms with Gasteiger partial charge in [-0.15, -0.1) is 11.3 Å². The van der Waals surface area contributed by atoms with Crippen molar-refractivity contribution >= 4 is 88.3 Å². The molecule has 87 heavy (non-hydrogen) atoms.